The first-order valence-electron chi connectivity index (χ1n) is 6.91. The van der Waals surface area contributed by atoms with Crippen LogP contribution in [0.25, 0.3) is 0 Å². The van der Waals surface area contributed by atoms with Gasteiger partial charge >= 0.3 is 0 Å². The van der Waals surface area contributed by atoms with Gasteiger partial charge in [-0.1, -0.05) is 0 Å². The van der Waals surface area contributed by atoms with E-state index in [9.17, 15) is 4.79 Å². The quantitative estimate of drug-likeness (QED) is 0.779. The van der Waals surface area contributed by atoms with Crippen molar-refractivity contribution in [2.24, 2.45) is 0 Å². The van der Waals surface area contributed by atoms with Crippen molar-refractivity contribution in [3.63, 3.8) is 0 Å². The molecule has 6 heteroatoms. The van der Waals surface area contributed by atoms with Gasteiger partial charge in [0.25, 0.3) is 0 Å². The van der Waals surface area contributed by atoms with E-state index in [4.69, 9.17) is 14.2 Å². The molecule has 5 nitrogen and oxygen atoms in total. The van der Waals surface area contributed by atoms with Crippen LogP contribution in [0.15, 0.2) is 23.1 Å². The van der Waals surface area contributed by atoms with Crippen molar-refractivity contribution in [1.29, 1.82) is 0 Å². The summed E-state index contributed by atoms with van der Waals surface area (Å²) < 4.78 is 15.8. The van der Waals surface area contributed by atoms with Gasteiger partial charge in [0.05, 0.1) is 32.7 Å². The van der Waals surface area contributed by atoms with Crippen molar-refractivity contribution in [2.45, 2.75) is 17.1 Å². The van der Waals surface area contributed by atoms with E-state index in [0.29, 0.717) is 37.8 Å². The molecule has 116 valence electrons. The molecule has 1 aromatic rings. The number of carbonyl (C=O) groups is 1. The van der Waals surface area contributed by atoms with Gasteiger partial charge in [-0.25, -0.2) is 0 Å². The zero-order valence-corrected chi connectivity index (χ0v) is 13.4. The topological polar surface area (TPSA) is 48.0 Å². The first-order chi connectivity index (χ1) is 10.2. The van der Waals surface area contributed by atoms with Crippen LogP contribution >= 0.6 is 11.8 Å². The molecule has 1 heterocycles. The summed E-state index contributed by atoms with van der Waals surface area (Å²) in [6, 6.07) is 5.69. The third-order valence-electron chi connectivity index (χ3n) is 3.34. The molecule has 1 amide bonds. The van der Waals surface area contributed by atoms with Crippen molar-refractivity contribution in [1.82, 2.24) is 4.90 Å². The standard InChI is InChI=1S/C15H21NO4S/c1-11(15(17)16-6-8-20-9-7-16)21-12-4-5-13(18-2)14(10-12)19-3/h4-5,10-11H,6-9H2,1-3H3/t11-/m1/s1. The summed E-state index contributed by atoms with van der Waals surface area (Å²) >= 11 is 1.53. The number of hydrogen-bond acceptors (Lipinski definition) is 5. The van der Waals surface area contributed by atoms with E-state index in [1.165, 1.54) is 11.8 Å². The summed E-state index contributed by atoms with van der Waals surface area (Å²) in [6.07, 6.45) is 0. The van der Waals surface area contributed by atoms with E-state index in [1.807, 2.05) is 30.0 Å². The fourth-order valence-corrected chi connectivity index (χ4v) is 3.17. The molecule has 0 N–H and O–H groups in total. The van der Waals surface area contributed by atoms with Gasteiger partial charge in [0.1, 0.15) is 0 Å². The Morgan fingerprint density at radius 3 is 2.52 bits per heavy atom. The Morgan fingerprint density at radius 2 is 1.90 bits per heavy atom. The first kappa shape index (κ1) is 16.0. The van der Waals surface area contributed by atoms with E-state index in [0.717, 1.165) is 4.90 Å². The van der Waals surface area contributed by atoms with Gasteiger partial charge < -0.3 is 19.1 Å². The van der Waals surface area contributed by atoms with E-state index < -0.39 is 0 Å². The van der Waals surface area contributed by atoms with Gasteiger partial charge in [-0.05, 0) is 25.1 Å². The lowest BCUT2D eigenvalue weighted by Crippen LogP contribution is -2.44. The zero-order valence-electron chi connectivity index (χ0n) is 12.6. The van der Waals surface area contributed by atoms with Crippen LogP contribution in [0, 0.1) is 0 Å². The molecule has 0 aliphatic carbocycles. The van der Waals surface area contributed by atoms with E-state index in [2.05, 4.69) is 0 Å². The fourth-order valence-electron chi connectivity index (χ4n) is 2.19. The molecule has 0 bridgehead atoms. The average molecular weight is 311 g/mol. The number of ether oxygens (including phenoxy) is 3. The molecule has 0 aromatic heterocycles. The Labute approximate surface area is 129 Å². The third kappa shape index (κ3) is 4.04. The Balaban J connectivity index is 2.01. The van der Waals surface area contributed by atoms with E-state index in [1.54, 1.807) is 14.2 Å². The second-order valence-corrected chi connectivity index (χ2v) is 6.13. The molecule has 1 aromatic carbocycles. The van der Waals surface area contributed by atoms with Gasteiger partial charge in [-0.15, -0.1) is 11.8 Å². The highest BCUT2D eigenvalue weighted by Crippen LogP contribution is 2.33. The van der Waals surface area contributed by atoms with Gasteiger partial charge in [0.15, 0.2) is 11.5 Å². The van der Waals surface area contributed by atoms with E-state index in [-0.39, 0.29) is 11.2 Å². The molecule has 0 spiro atoms. The molecular formula is C15H21NO4S. The SMILES string of the molecule is COc1ccc(S[C@H](C)C(=O)N2CCOCC2)cc1OC. The van der Waals surface area contributed by atoms with Crippen LogP contribution in [-0.4, -0.2) is 56.6 Å². The number of hydrogen-bond donors (Lipinski definition) is 0. The van der Waals surface area contributed by atoms with Crippen LogP contribution in [0.3, 0.4) is 0 Å². The predicted octanol–water partition coefficient (Wildman–Crippen LogP) is 2.04. The van der Waals surface area contributed by atoms with Gasteiger partial charge in [-0.3, -0.25) is 4.79 Å². The molecule has 1 atom stereocenters. The molecule has 0 saturated carbocycles. The molecule has 21 heavy (non-hydrogen) atoms. The van der Waals surface area contributed by atoms with Gasteiger partial charge in [-0.2, -0.15) is 0 Å². The second kappa shape index (κ2) is 7.56. The Bertz CT molecular complexity index is 489. The minimum absolute atomic E-state index is 0.138. The van der Waals surface area contributed by atoms with Crippen molar-refractivity contribution >= 4 is 17.7 Å². The summed E-state index contributed by atoms with van der Waals surface area (Å²) in [5, 5.41) is -0.138. The minimum Gasteiger partial charge on any atom is -0.493 e. The molecule has 0 radical (unpaired) electrons. The molecule has 1 aliphatic heterocycles. The Morgan fingerprint density at radius 1 is 1.24 bits per heavy atom. The zero-order chi connectivity index (χ0) is 15.2. The molecule has 1 fully saturated rings. The molecular weight excluding hydrogens is 290 g/mol. The molecule has 2 rings (SSSR count). The minimum atomic E-state index is -0.138. The lowest BCUT2D eigenvalue weighted by molar-refractivity contribution is -0.134. The number of carbonyl (C=O) groups excluding carboxylic acids is 1. The highest BCUT2D eigenvalue weighted by atomic mass is 32.2. The highest BCUT2D eigenvalue weighted by Gasteiger charge is 2.23. The van der Waals surface area contributed by atoms with Crippen LogP contribution in [0.1, 0.15) is 6.92 Å². The van der Waals surface area contributed by atoms with Crippen LogP contribution in [0.5, 0.6) is 11.5 Å². The molecule has 1 saturated heterocycles. The predicted molar refractivity (Wildman–Crippen MR) is 82.3 cm³/mol. The maximum Gasteiger partial charge on any atom is 0.235 e. The average Bonchev–Trinajstić information content (AvgIpc) is 2.54. The molecule has 1 aliphatic rings. The first-order valence-corrected chi connectivity index (χ1v) is 7.79. The summed E-state index contributed by atoms with van der Waals surface area (Å²) in [5.74, 6) is 1.51. The third-order valence-corrected chi connectivity index (χ3v) is 4.42. The Hall–Kier alpha value is -1.40. The lowest BCUT2D eigenvalue weighted by atomic mass is 10.3. The van der Waals surface area contributed by atoms with Crippen molar-refractivity contribution in [3.05, 3.63) is 18.2 Å². The second-order valence-electron chi connectivity index (χ2n) is 4.71. The Kier molecular flexibility index (Phi) is 5.76. The number of amides is 1. The summed E-state index contributed by atoms with van der Waals surface area (Å²) in [4.78, 5) is 15.2. The van der Waals surface area contributed by atoms with Gasteiger partial charge in [0, 0.05) is 18.0 Å². The number of benzene rings is 1. The lowest BCUT2D eigenvalue weighted by Gasteiger charge is -2.29. The maximum absolute atomic E-state index is 12.4. The van der Waals surface area contributed by atoms with Crippen molar-refractivity contribution in [2.75, 3.05) is 40.5 Å². The summed E-state index contributed by atoms with van der Waals surface area (Å²) in [6.45, 7) is 4.53. The van der Waals surface area contributed by atoms with Crippen LogP contribution in [0.4, 0.5) is 0 Å². The molecule has 0 unspecified atom stereocenters. The van der Waals surface area contributed by atoms with Crippen LogP contribution in [0.2, 0.25) is 0 Å². The number of morpholine rings is 1. The highest BCUT2D eigenvalue weighted by molar-refractivity contribution is 8.00. The number of thioether (sulfide) groups is 1. The number of rotatable bonds is 5. The van der Waals surface area contributed by atoms with E-state index >= 15 is 0 Å². The monoisotopic (exact) mass is 311 g/mol. The largest absolute Gasteiger partial charge is 0.493 e. The van der Waals surface area contributed by atoms with Gasteiger partial charge in [0.2, 0.25) is 5.91 Å². The fraction of sp³-hybridized carbons (Fsp3) is 0.533. The van der Waals surface area contributed by atoms with Crippen molar-refractivity contribution < 1.29 is 19.0 Å². The van der Waals surface area contributed by atoms with Crippen LogP contribution < -0.4 is 9.47 Å². The summed E-state index contributed by atoms with van der Waals surface area (Å²) in [7, 11) is 3.21. The number of nitrogens with zero attached hydrogens (tertiary/aromatic N) is 1. The maximum atomic E-state index is 12.4. The van der Waals surface area contributed by atoms with Crippen LogP contribution in [-0.2, 0) is 9.53 Å². The van der Waals surface area contributed by atoms with Crippen molar-refractivity contribution in [3.8, 4) is 11.5 Å². The summed E-state index contributed by atoms with van der Waals surface area (Å²) in [5.41, 5.74) is 0. The normalized spacial score (nSPS) is 16.4. The number of methoxy groups -OCH3 is 2. The smallest absolute Gasteiger partial charge is 0.235 e.